The van der Waals surface area contributed by atoms with Crippen LogP contribution in [0.1, 0.15) is 37.9 Å². The minimum absolute atomic E-state index is 0.179. The van der Waals surface area contributed by atoms with Crippen LogP contribution >= 0.6 is 0 Å². The van der Waals surface area contributed by atoms with Crippen molar-refractivity contribution < 1.29 is 4.79 Å². The van der Waals surface area contributed by atoms with E-state index in [2.05, 4.69) is 20.8 Å². The highest BCUT2D eigenvalue weighted by Crippen LogP contribution is 2.32. The van der Waals surface area contributed by atoms with Crippen molar-refractivity contribution in [2.75, 3.05) is 6.54 Å². The first kappa shape index (κ1) is 13.5. The van der Waals surface area contributed by atoms with Crippen LogP contribution in [0.5, 0.6) is 0 Å². The summed E-state index contributed by atoms with van der Waals surface area (Å²) in [5.74, 6) is 1.65. The molecule has 2 N–H and O–H groups in total. The molecule has 1 amide bonds. The van der Waals surface area contributed by atoms with E-state index in [1.54, 1.807) is 6.33 Å². The summed E-state index contributed by atoms with van der Waals surface area (Å²) in [6, 6.07) is 1.32. The average Bonchev–Trinajstić information content (AvgIpc) is 2.96. The molecule has 6 nitrogen and oxygen atoms in total. The number of rotatable bonds is 5. The Bertz CT molecular complexity index is 460. The standard InChI is InChI=1S/C14H23N5O/c1-19-9-16-18-13(19)4-5-15-14(20)8-10-6-11-2-3-12(7-10)17-11/h9-12,17H,2-8H2,1H3,(H,15,20). The van der Waals surface area contributed by atoms with Crippen LogP contribution in [-0.2, 0) is 18.3 Å². The first-order chi connectivity index (χ1) is 9.70. The van der Waals surface area contributed by atoms with Crippen LogP contribution < -0.4 is 10.6 Å². The van der Waals surface area contributed by atoms with Crippen LogP contribution in [0.4, 0.5) is 0 Å². The Balaban J connectivity index is 1.38. The zero-order valence-electron chi connectivity index (χ0n) is 12.0. The number of nitrogens with one attached hydrogen (secondary N) is 2. The molecule has 20 heavy (non-hydrogen) atoms. The molecule has 1 aromatic heterocycles. The summed E-state index contributed by atoms with van der Waals surface area (Å²) in [7, 11) is 1.92. The van der Waals surface area contributed by atoms with E-state index in [-0.39, 0.29) is 5.91 Å². The largest absolute Gasteiger partial charge is 0.356 e. The fraction of sp³-hybridized carbons (Fsp3) is 0.786. The zero-order valence-corrected chi connectivity index (χ0v) is 12.0. The van der Waals surface area contributed by atoms with E-state index < -0.39 is 0 Å². The van der Waals surface area contributed by atoms with Crippen LogP contribution in [0.2, 0.25) is 0 Å². The van der Waals surface area contributed by atoms with Crippen molar-refractivity contribution in [1.29, 1.82) is 0 Å². The van der Waals surface area contributed by atoms with Gasteiger partial charge in [0.25, 0.3) is 0 Å². The number of carbonyl (C=O) groups is 1. The summed E-state index contributed by atoms with van der Waals surface area (Å²) in [5, 5.41) is 14.5. The number of amides is 1. The number of piperidine rings is 1. The molecule has 0 spiro atoms. The third-order valence-corrected chi connectivity index (χ3v) is 4.52. The molecule has 3 heterocycles. The van der Waals surface area contributed by atoms with E-state index in [9.17, 15) is 4.79 Å². The van der Waals surface area contributed by atoms with Crippen LogP contribution in [0.15, 0.2) is 6.33 Å². The topological polar surface area (TPSA) is 71.8 Å². The maximum Gasteiger partial charge on any atom is 0.220 e. The Labute approximate surface area is 119 Å². The summed E-state index contributed by atoms with van der Waals surface area (Å²) < 4.78 is 1.89. The number of aryl methyl sites for hydroxylation is 1. The molecule has 0 aliphatic carbocycles. The fourth-order valence-electron chi connectivity index (χ4n) is 3.52. The zero-order chi connectivity index (χ0) is 13.9. The first-order valence-corrected chi connectivity index (χ1v) is 7.56. The molecule has 2 aliphatic rings. The van der Waals surface area contributed by atoms with Crippen molar-refractivity contribution in [2.45, 2.75) is 50.6 Å². The third kappa shape index (κ3) is 3.17. The van der Waals surface area contributed by atoms with E-state index in [1.165, 1.54) is 12.8 Å². The minimum atomic E-state index is 0.179. The molecular formula is C14H23N5O. The van der Waals surface area contributed by atoms with Gasteiger partial charge >= 0.3 is 0 Å². The van der Waals surface area contributed by atoms with E-state index in [1.807, 2.05) is 11.6 Å². The number of hydrogen-bond acceptors (Lipinski definition) is 4. The molecular weight excluding hydrogens is 254 g/mol. The predicted octanol–water partition coefficient (Wildman–Crippen LogP) is 0.394. The third-order valence-electron chi connectivity index (χ3n) is 4.52. The Morgan fingerprint density at radius 2 is 2.20 bits per heavy atom. The van der Waals surface area contributed by atoms with Gasteiger partial charge in [0.2, 0.25) is 5.91 Å². The number of hydrogen-bond donors (Lipinski definition) is 2. The molecule has 0 saturated carbocycles. The second kappa shape index (κ2) is 5.91. The quantitative estimate of drug-likeness (QED) is 0.817. The Morgan fingerprint density at radius 3 is 2.85 bits per heavy atom. The smallest absolute Gasteiger partial charge is 0.220 e. The van der Waals surface area contributed by atoms with Gasteiger partial charge in [-0.1, -0.05) is 0 Å². The number of fused-ring (bicyclic) bond motifs is 2. The number of nitrogens with zero attached hydrogens (tertiary/aromatic N) is 3. The Kier molecular flexibility index (Phi) is 4.00. The van der Waals surface area contributed by atoms with Gasteiger partial charge in [0.05, 0.1) is 0 Å². The van der Waals surface area contributed by atoms with Crippen molar-refractivity contribution in [3.63, 3.8) is 0 Å². The highest BCUT2D eigenvalue weighted by Gasteiger charge is 2.34. The predicted molar refractivity (Wildman–Crippen MR) is 75.0 cm³/mol. The van der Waals surface area contributed by atoms with Gasteiger partial charge in [-0.2, -0.15) is 0 Å². The molecule has 3 rings (SSSR count). The Morgan fingerprint density at radius 1 is 1.45 bits per heavy atom. The fourth-order valence-corrected chi connectivity index (χ4v) is 3.52. The van der Waals surface area contributed by atoms with E-state index in [0.717, 1.165) is 25.1 Å². The summed E-state index contributed by atoms with van der Waals surface area (Å²) in [6.45, 7) is 0.642. The van der Waals surface area contributed by atoms with Gasteiger partial charge in [-0.25, -0.2) is 0 Å². The summed E-state index contributed by atoms with van der Waals surface area (Å²) in [5.41, 5.74) is 0. The molecule has 2 saturated heterocycles. The van der Waals surface area contributed by atoms with E-state index >= 15 is 0 Å². The van der Waals surface area contributed by atoms with Crippen LogP contribution in [0, 0.1) is 5.92 Å². The van der Waals surface area contributed by atoms with Gasteiger partial charge < -0.3 is 15.2 Å². The normalized spacial score (nSPS) is 28.6. The highest BCUT2D eigenvalue weighted by molar-refractivity contribution is 5.76. The minimum Gasteiger partial charge on any atom is -0.356 e. The molecule has 2 atom stereocenters. The van der Waals surface area contributed by atoms with Gasteiger partial charge in [-0.15, -0.1) is 10.2 Å². The molecule has 6 heteroatoms. The van der Waals surface area contributed by atoms with Crippen molar-refractivity contribution in [1.82, 2.24) is 25.4 Å². The first-order valence-electron chi connectivity index (χ1n) is 7.56. The number of aromatic nitrogens is 3. The molecule has 2 unspecified atom stereocenters. The van der Waals surface area contributed by atoms with Crippen molar-refractivity contribution >= 4 is 5.91 Å². The van der Waals surface area contributed by atoms with Gasteiger partial charge in [-0.3, -0.25) is 4.79 Å². The lowest BCUT2D eigenvalue weighted by atomic mass is 9.89. The summed E-state index contributed by atoms with van der Waals surface area (Å²) >= 11 is 0. The maximum absolute atomic E-state index is 12.0. The summed E-state index contributed by atoms with van der Waals surface area (Å²) in [4.78, 5) is 12.0. The second-order valence-electron chi connectivity index (χ2n) is 6.14. The molecule has 2 fully saturated rings. The molecule has 0 aromatic carbocycles. The molecule has 110 valence electrons. The second-order valence-corrected chi connectivity index (χ2v) is 6.14. The van der Waals surface area contributed by atoms with Gasteiger partial charge in [0.1, 0.15) is 12.2 Å². The average molecular weight is 277 g/mol. The van der Waals surface area contributed by atoms with E-state index in [4.69, 9.17) is 0 Å². The van der Waals surface area contributed by atoms with E-state index in [0.29, 0.717) is 31.0 Å². The molecule has 1 aromatic rings. The molecule has 2 aliphatic heterocycles. The van der Waals surface area contributed by atoms with Crippen LogP contribution in [0.3, 0.4) is 0 Å². The van der Waals surface area contributed by atoms with Crippen molar-refractivity contribution in [2.24, 2.45) is 13.0 Å². The maximum atomic E-state index is 12.0. The van der Waals surface area contributed by atoms with Gasteiger partial charge in [0, 0.05) is 38.5 Å². The highest BCUT2D eigenvalue weighted by atomic mass is 16.1. The van der Waals surface area contributed by atoms with Crippen LogP contribution in [0.25, 0.3) is 0 Å². The van der Waals surface area contributed by atoms with Crippen molar-refractivity contribution in [3.05, 3.63) is 12.2 Å². The van der Waals surface area contributed by atoms with Gasteiger partial charge in [0.15, 0.2) is 0 Å². The SMILES string of the molecule is Cn1cnnc1CCNC(=O)CC1CC2CCC(C1)N2. The molecule has 0 radical (unpaired) electrons. The molecule has 2 bridgehead atoms. The van der Waals surface area contributed by atoms with Crippen LogP contribution in [-0.4, -0.2) is 39.3 Å². The lowest BCUT2D eigenvalue weighted by molar-refractivity contribution is -0.122. The summed E-state index contributed by atoms with van der Waals surface area (Å²) in [6.07, 6.45) is 7.99. The number of carbonyl (C=O) groups excluding carboxylic acids is 1. The Hall–Kier alpha value is -1.43. The van der Waals surface area contributed by atoms with Gasteiger partial charge in [-0.05, 0) is 31.6 Å². The lowest BCUT2D eigenvalue weighted by Crippen LogP contribution is -2.39. The monoisotopic (exact) mass is 277 g/mol. The van der Waals surface area contributed by atoms with Crippen molar-refractivity contribution in [3.8, 4) is 0 Å². The lowest BCUT2D eigenvalue weighted by Gasteiger charge is -2.28.